The second kappa shape index (κ2) is 33.6. The van der Waals surface area contributed by atoms with E-state index in [0.717, 1.165) is 49.7 Å². The predicted octanol–water partition coefficient (Wildman–Crippen LogP) is 14.0. The topological polar surface area (TPSA) is 173 Å². The molecule has 0 saturated heterocycles. The fourth-order valence-corrected chi connectivity index (χ4v) is 8.56. The van der Waals surface area contributed by atoms with E-state index in [1.807, 2.05) is 18.2 Å². The van der Waals surface area contributed by atoms with Crippen LogP contribution in [0.1, 0.15) is 179 Å². The van der Waals surface area contributed by atoms with E-state index in [-0.39, 0.29) is 64.8 Å². The van der Waals surface area contributed by atoms with Crippen LogP contribution in [0.3, 0.4) is 0 Å². The Hall–Kier alpha value is -2.84. The number of phenolic OH excluding ortho intramolecular Hbond substituents is 1. The molecule has 0 fully saturated rings. The van der Waals surface area contributed by atoms with Crippen LogP contribution in [0.5, 0.6) is 34.5 Å². The minimum atomic E-state index is -4.50. The van der Waals surface area contributed by atoms with Gasteiger partial charge in [0.25, 0.3) is 10.1 Å². The molecule has 13 heteroatoms. The minimum Gasteiger partial charge on any atom is -0.870 e. The number of aromatic hydroxyl groups is 1. The second-order valence-corrected chi connectivity index (χ2v) is 19.7. The molecule has 0 heterocycles. The molecule has 0 aliphatic carbocycles. The predicted molar refractivity (Wildman–Crippen MR) is 260 cm³/mol. The van der Waals surface area contributed by atoms with Crippen LogP contribution in [0, 0.1) is 0 Å². The van der Waals surface area contributed by atoms with E-state index in [0.29, 0.717) is 17.2 Å². The Balaban J connectivity index is 0.000000440. The van der Waals surface area contributed by atoms with Crippen molar-refractivity contribution >= 4 is 58.0 Å². The second-order valence-electron chi connectivity index (χ2n) is 16.9. The number of phenols is 1. The average molecular weight is 963 g/mol. The molecule has 4 aromatic rings. The number of unbranched alkanes of at least 4 members (excludes halogenated alkanes) is 22. The Bertz CT molecular complexity index is 1940. The maximum absolute atomic E-state index is 12.7. The molecule has 356 valence electrons. The monoisotopic (exact) mass is 962 g/mol. The third kappa shape index (κ3) is 24.7. The molecule has 0 aromatic heterocycles. The largest absolute Gasteiger partial charge is 2.00 e. The van der Waals surface area contributed by atoms with Crippen LogP contribution < -0.4 is 14.6 Å². The van der Waals surface area contributed by atoms with Crippen LogP contribution >= 0.6 is 0 Å². The van der Waals surface area contributed by atoms with E-state index >= 15 is 0 Å². The number of benzene rings is 4. The molecular weight excluding hydrogens is 889 g/mol. The van der Waals surface area contributed by atoms with Crippen molar-refractivity contribution in [1.29, 1.82) is 0 Å². The molecule has 4 rings (SSSR count). The first-order chi connectivity index (χ1) is 30.8. The zero-order chi connectivity index (χ0) is 46.5. The number of hydrogen-bond donors (Lipinski definition) is 2. The molecule has 0 saturated carbocycles. The molecule has 0 spiro atoms. The molecule has 0 aliphatic heterocycles. The molecule has 4 aromatic carbocycles. The van der Waals surface area contributed by atoms with Gasteiger partial charge in [-0.3, -0.25) is 4.55 Å². The van der Waals surface area contributed by atoms with Crippen molar-refractivity contribution in [3.8, 4) is 34.5 Å². The summed E-state index contributed by atoms with van der Waals surface area (Å²) in [4.78, 5) is -0.525. The summed E-state index contributed by atoms with van der Waals surface area (Å²) in [5.74, 6) is 1.22. The number of rotatable bonds is 32. The summed E-state index contributed by atoms with van der Waals surface area (Å²) < 4.78 is 75.7. The van der Waals surface area contributed by atoms with E-state index in [1.165, 1.54) is 177 Å². The molecule has 0 amide bonds. The van der Waals surface area contributed by atoms with E-state index in [4.69, 9.17) is 14.0 Å². The number of aryl methyl sites for hydroxylation is 2. The van der Waals surface area contributed by atoms with Crippen molar-refractivity contribution in [1.82, 2.24) is 0 Å². The molecule has 2 N–H and O–H groups in total. The Kier molecular flexibility index (Phi) is 30.1. The van der Waals surface area contributed by atoms with Crippen molar-refractivity contribution in [2.24, 2.45) is 0 Å². The van der Waals surface area contributed by atoms with Gasteiger partial charge in [0, 0.05) is 0 Å². The summed E-state index contributed by atoms with van der Waals surface area (Å²) >= 11 is 0. The summed E-state index contributed by atoms with van der Waals surface area (Å²) in [7, 11) is -8.74. The van der Waals surface area contributed by atoms with Gasteiger partial charge in [0.2, 0.25) is 0 Å². The maximum Gasteiger partial charge on any atom is 2.00 e. The SMILES string of the molecule is CCCCCCCCCCCCCCc1cccc(Oc2ccc(S(=O)(=O)O)cc2)c1O.CCCCCCCCCCCCCCc1cccc(Oc2ccc(S(=O)(=O)[O-])cc2)c1[O-].[Ca+2]. The van der Waals surface area contributed by atoms with Gasteiger partial charge < -0.3 is 24.2 Å². The van der Waals surface area contributed by atoms with E-state index in [2.05, 4.69) is 13.8 Å². The third-order valence-corrected chi connectivity index (χ3v) is 13.1. The number of hydrogen-bond acceptors (Lipinski definition) is 9. The summed E-state index contributed by atoms with van der Waals surface area (Å²) in [6.07, 6.45) is 32.4. The standard InChI is InChI=1S/2C26H38O5S.Ca/c2*1-2-3-4-5-6-7-8-9-10-11-12-13-15-22-16-14-17-25(26(22)27)31-23-18-20-24(21-19-23)32(28,29)30;/h2*14,16-21,27H,2-13,15H2,1H3,(H,28,29,30);/q;;+2/p-2. The van der Waals surface area contributed by atoms with Crippen LogP contribution in [0.15, 0.2) is 94.7 Å². The molecule has 0 radical (unpaired) electrons. The Morgan fingerprint density at radius 1 is 0.462 bits per heavy atom. The zero-order valence-corrected chi connectivity index (χ0v) is 43.0. The smallest absolute Gasteiger partial charge is 0.870 e. The van der Waals surface area contributed by atoms with Gasteiger partial charge in [0.15, 0.2) is 11.5 Å². The van der Waals surface area contributed by atoms with E-state index in [1.54, 1.807) is 18.2 Å². The van der Waals surface area contributed by atoms with Gasteiger partial charge in [-0.15, -0.1) is 0 Å². The van der Waals surface area contributed by atoms with E-state index < -0.39 is 20.2 Å². The van der Waals surface area contributed by atoms with Crippen LogP contribution in [-0.4, -0.2) is 68.8 Å². The van der Waals surface area contributed by atoms with Crippen molar-refractivity contribution in [2.75, 3.05) is 0 Å². The van der Waals surface area contributed by atoms with Crippen molar-refractivity contribution in [2.45, 2.75) is 191 Å². The molecule has 10 nitrogen and oxygen atoms in total. The van der Waals surface area contributed by atoms with Crippen molar-refractivity contribution in [3.63, 3.8) is 0 Å². The number of para-hydroxylation sites is 2. The van der Waals surface area contributed by atoms with Crippen LogP contribution in [0.25, 0.3) is 0 Å². The minimum absolute atomic E-state index is 0. The average Bonchev–Trinajstić information content (AvgIpc) is 3.27. The first-order valence-corrected chi connectivity index (χ1v) is 26.8. The van der Waals surface area contributed by atoms with E-state index in [9.17, 15) is 31.6 Å². The van der Waals surface area contributed by atoms with Crippen LogP contribution in [0.4, 0.5) is 0 Å². The molecular formula is C52H74CaO10S2. The molecule has 0 bridgehead atoms. The quantitative estimate of drug-likeness (QED) is 0.0272. The zero-order valence-electron chi connectivity index (χ0n) is 39.2. The fraction of sp³-hybridized carbons (Fsp3) is 0.538. The number of ether oxygens (including phenoxy) is 2. The summed E-state index contributed by atoms with van der Waals surface area (Å²) in [6.45, 7) is 4.50. The Labute approximate surface area is 421 Å². The fourth-order valence-electron chi connectivity index (χ4n) is 7.61. The first kappa shape index (κ1) is 58.3. The Morgan fingerprint density at radius 3 is 1.20 bits per heavy atom. The summed E-state index contributed by atoms with van der Waals surface area (Å²) in [5.41, 5.74) is 1.58. The summed E-state index contributed by atoms with van der Waals surface area (Å²) in [5, 5.41) is 23.2. The molecule has 0 aliphatic rings. The van der Waals surface area contributed by atoms with Crippen molar-refractivity contribution < 1.29 is 45.6 Å². The normalized spacial score (nSPS) is 11.4. The first-order valence-electron chi connectivity index (χ1n) is 23.9. The van der Waals surface area contributed by atoms with Gasteiger partial charge in [-0.05, 0) is 91.9 Å². The maximum atomic E-state index is 12.7. The Morgan fingerprint density at radius 2 is 0.800 bits per heavy atom. The third-order valence-electron chi connectivity index (χ3n) is 11.4. The van der Waals surface area contributed by atoms with Crippen LogP contribution in [0.2, 0.25) is 0 Å². The molecule has 0 atom stereocenters. The summed E-state index contributed by atoms with van der Waals surface area (Å²) in [6, 6.07) is 21.2. The van der Waals surface area contributed by atoms with Gasteiger partial charge in [-0.1, -0.05) is 191 Å². The molecule has 65 heavy (non-hydrogen) atoms. The molecule has 0 unspecified atom stereocenters. The van der Waals surface area contributed by atoms with Gasteiger partial charge in [0.05, 0.1) is 9.79 Å². The van der Waals surface area contributed by atoms with Gasteiger partial charge in [0.1, 0.15) is 27.4 Å². The van der Waals surface area contributed by atoms with Gasteiger partial charge in [-0.2, -0.15) is 8.42 Å². The van der Waals surface area contributed by atoms with Gasteiger partial charge >= 0.3 is 37.7 Å². The van der Waals surface area contributed by atoms with Crippen LogP contribution in [-0.2, 0) is 33.1 Å². The van der Waals surface area contributed by atoms with Crippen molar-refractivity contribution in [3.05, 3.63) is 96.1 Å². The van der Waals surface area contributed by atoms with Gasteiger partial charge in [-0.25, -0.2) is 8.42 Å².